The molecular weight excluding hydrogens is 1450 g/mol. The first-order chi connectivity index (χ1) is 57.4. The van der Waals surface area contributed by atoms with Gasteiger partial charge in [0.25, 0.3) is 0 Å². The minimum Gasteiger partial charge on any atom is -0.759 e. The Morgan fingerprint density at radius 3 is 0.248 bits per heavy atom. The van der Waals surface area contributed by atoms with E-state index in [1.165, 1.54) is 655 Å². The molecule has 0 radical (unpaired) electrons. The molecule has 0 amide bonds. The van der Waals surface area contributed by atoms with Crippen LogP contribution >= 0.6 is 0 Å². The quantitative estimate of drug-likeness (QED) is 0.0356. The summed E-state index contributed by atoms with van der Waals surface area (Å²) in [6.07, 6.45) is 149. The van der Waals surface area contributed by atoms with Crippen LogP contribution in [0.5, 0.6) is 0 Å². The number of rotatable bonds is 102. The van der Waals surface area contributed by atoms with Gasteiger partial charge in [-0.3, -0.25) is 8.42 Å². The fourth-order valence-electron chi connectivity index (χ4n) is 19.0. The Kier molecular flexibility index (Phi) is 110. The highest BCUT2D eigenvalue weighted by molar-refractivity contribution is 7.79. The molecule has 0 heterocycles. The normalized spacial score (nSPS) is 12.0. The standard InChI is InChI=1S/2C55H113N.H2O4S/c2*1-4-7-10-13-16-19-22-25-28-31-34-37-40-43-46-49-52-55(56,53-50-47-44-41-38-35-32-29-26-23-20-17-14-11-8-5-2)54-51-48-45-42-39-36-33-30-27-24-21-18-15-12-9-6-3;1-5(2,3)4/h2*4-54,56H2,1-3H3;(H2,1,2,3,4). The van der Waals surface area contributed by atoms with Crippen molar-refractivity contribution in [3.8, 4) is 0 Å². The number of hydrogen-bond donors (Lipinski definition) is 2. The molecule has 0 aliphatic carbocycles. The summed E-state index contributed by atoms with van der Waals surface area (Å²) in [5, 5.41) is 0. The van der Waals surface area contributed by atoms with Gasteiger partial charge >= 0.3 is 0 Å². The lowest BCUT2D eigenvalue weighted by molar-refractivity contribution is -0.484. The van der Waals surface area contributed by atoms with Gasteiger partial charge in [0.05, 0.1) is 11.1 Å². The number of unbranched alkanes of at least 4 members (excludes halogenated alkanes) is 90. The van der Waals surface area contributed by atoms with Crippen molar-refractivity contribution in [2.45, 2.75) is 708 Å². The van der Waals surface area contributed by atoms with Gasteiger partial charge in [-0.1, -0.05) is 619 Å². The van der Waals surface area contributed by atoms with Crippen molar-refractivity contribution in [2.75, 3.05) is 0 Å². The van der Waals surface area contributed by atoms with Crippen molar-refractivity contribution in [3.63, 3.8) is 0 Å². The molecule has 0 rings (SSSR count). The van der Waals surface area contributed by atoms with E-state index in [4.69, 9.17) is 29.0 Å². The predicted molar refractivity (Wildman–Crippen MR) is 527 cm³/mol. The van der Waals surface area contributed by atoms with E-state index >= 15 is 0 Å². The second kappa shape index (κ2) is 106. The second-order valence-corrected chi connectivity index (χ2v) is 40.5. The zero-order valence-corrected chi connectivity index (χ0v) is 83.4. The van der Waals surface area contributed by atoms with Crippen molar-refractivity contribution in [1.29, 1.82) is 0 Å². The van der Waals surface area contributed by atoms with E-state index in [1.807, 2.05) is 0 Å². The van der Waals surface area contributed by atoms with E-state index in [-0.39, 0.29) is 0 Å². The average Bonchev–Trinajstić information content (AvgIpc) is 0.907. The third kappa shape index (κ3) is 116. The molecule has 0 aliphatic heterocycles. The fraction of sp³-hybridized carbons (Fsp3) is 1.00. The largest absolute Gasteiger partial charge is 0.759 e. The van der Waals surface area contributed by atoms with Crippen LogP contribution in [0.15, 0.2) is 0 Å². The molecule has 0 aromatic carbocycles. The van der Waals surface area contributed by atoms with Crippen LogP contribution in [-0.2, 0) is 10.4 Å². The van der Waals surface area contributed by atoms with Crippen LogP contribution in [0.4, 0.5) is 0 Å². The Morgan fingerprint density at radius 1 is 0.137 bits per heavy atom. The zero-order valence-electron chi connectivity index (χ0n) is 82.6. The minimum atomic E-state index is -5.17. The lowest BCUT2D eigenvalue weighted by Crippen LogP contribution is -2.72. The summed E-state index contributed by atoms with van der Waals surface area (Å²) in [7, 11) is -5.17. The molecule has 0 bridgehead atoms. The smallest absolute Gasteiger partial charge is 0.0945 e. The van der Waals surface area contributed by atoms with Gasteiger partial charge in [0.15, 0.2) is 0 Å². The van der Waals surface area contributed by atoms with E-state index in [9.17, 15) is 0 Å². The summed E-state index contributed by atoms with van der Waals surface area (Å²) < 4.78 is 34.1. The van der Waals surface area contributed by atoms with Crippen LogP contribution in [0.3, 0.4) is 0 Å². The maximum absolute atomic E-state index is 8.52. The van der Waals surface area contributed by atoms with Gasteiger partial charge in [-0.05, 0) is 38.5 Å². The van der Waals surface area contributed by atoms with Crippen LogP contribution in [0.2, 0.25) is 0 Å². The third-order valence-electron chi connectivity index (χ3n) is 27.4. The van der Waals surface area contributed by atoms with Crippen molar-refractivity contribution < 1.29 is 29.0 Å². The molecule has 0 aromatic heterocycles. The topological polar surface area (TPSA) is 136 Å². The van der Waals surface area contributed by atoms with Crippen molar-refractivity contribution in [3.05, 3.63) is 0 Å². The zero-order chi connectivity index (χ0) is 85.6. The SMILES string of the molecule is CCCCCCCCCCCCCCCCCCC([NH3+])(CCCCCCCCCCCCCCCCCC)CCCCCCCCCCCCCCCCCC.CCCCCCCCCCCCCCCCCCC([NH3+])(CCCCCCCCCCCCCCCCCC)CCCCCCCCCCCCCCCCCC.O=S(=O)([O-])[O-]. The first-order valence-corrected chi connectivity index (χ1v) is 57.1. The van der Waals surface area contributed by atoms with E-state index in [0.717, 1.165) is 0 Å². The molecule has 117 heavy (non-hydrogen) atoms. The average molecular weight is 1680 g/mol. The third-order valence-corrected chi connectivity index (χ3v) is 27.4. The van der Waals surface area contributed by atoms with Crippen molar-refractivity contribution in [2.24, 2.45) is 0 Å². The first-order valence-electron chi connectivity index (χ1n) is 55.7. The van der Waals surface area contributed by atoms with Gasteiger partial charge in [-0.15, -0.1) is 0 Å². The maximum atomic E-state index is 8.52. The molecule has 6 nitrogen and oxygen atoms in total. The Hall–Kier alpha value is -0.210. The van der Waals surface area contributed by atoms with E-state index < -0.39 is 10.4 Å². The number of hydrogen-bond acceptors (Lipinski definition) is 4. The highest BCUT2D eigenvalue weighted by Gasteiger charge is 2.29. The Morgan fingerprint density at radius 2 is 0.188 bits per heavy atom. The molecule has 7 heteroatoms. The van der Waals surface area contributed by atoms with Crippen LogP contribution in [0.25, 0.3) is 0 Å². The molecule has 0 saturated carbocycles. The summed E-state index contributed by atoms with van der Waals surface area (Å²) in [6, 6.07) is 0. The maximum Gasteiger partial charge on any atom is 0.0945 e. The Bertz CT molecular complexity index is 1530. The van der Waals surface area contributed by atoms with E-state index in [0.29, 0.717) is 11.1 Å². The molecule has 0 atom stereocenters. The number of quaternary nitrogens is 2. The Labute approximate surface area is 742 Å². The summed E-state index contributed by atoms with van der Waals surface area (Å²) in [4.78, 5) is 0. The van der Waals surface area contributed by atoms with Crippen molar-refractivity contribution >= 4 is 10.4 Å². The highest BCUT2D eigenvalue weighted by Crippen LogP contribution is 2.30. The monoisotopic (exact) mass is 1670 g/mol. The summed E-state index contributed by atoms with van der Waals surface area (Å²) in [6.45, 7) is 13.9. The van der Waals surface area contributed by atoms with Crippen LogP contribution in [0, 0.1) is 0 Å². The second-order valence-electron chi connectivity index (χ2n) is 39.7. The van der Waals surface area contributed by atoms with Crippen LogP contribution < -0.4 is 11.5 Å². The summed E-state index contributed by atoms with van der Waals surface area (Å²) in [5.74, 6) is 0. The van der Waals surface area contributed by atoms with Gasteiger partial charge in [-0.25, -0.2) is 0 Å². The molecule has 0 aromatic rings. The molecule has 0 unspecified atom stereocenters. The van der Waals surface area contributed by atoms with E-state index in [1.54, 1.807) is 0 Å². The lowest BCUT2D eigenvalue weighted by atomic mass is 9.82. The lowest BCUT2D eigenvalue weighted by Gasteiger charge is -2.26. The summed E-state index contributed by atoms with van der Waals surface area (Å²) >= 11 is 0. The van der Waals surface area contributed by atoms with Gasteiger partial charge in [0, 0.05) is 48.9 Å². The van der Waals surface area contributed by atoms with Gasteiger partial charge < -0.3 is 20.6 Å². The first kappa shape index (κ1) is 121. The summed E-state index contributed by atoms with van der Waals surface area (Å²) in [5.41, 5.74) is 10.7. The van der Waals surface area contributed by atoms with Gasteiger partial charge in [0.2, 0.25) is 0 Å². The molecule has 6 N–H and O–H groups in total. The molecule has 708 valence electrons. The van der Waals surface area contributed by atoms with Crippen molar-refractivity contribution in [1.82, 2.24) is 0 Å². The van der Waals surface area contributed by atoms with E-state index in [2.05, 4.69) is 41.5 Å². The van der Waals surface area contributed by atoms with Gasteiger partial charge in [-0.2, -0.15) is 0 Å². The van der Waals surface area contributed by atoms with Crippen LogP contribution in [-0.4, -0.2) is 28.6 Å². The molecule has 0 spiro atoms. The molecule has 0 aliphatic rings. The Balaban J connectivity index is -0.00000210. The predicted octanol–water partition coefficient (Wildman–Crippen LogP) is 38.5. The minimum absolute atomic E-state index is 0.363. The molecule has 0 fully saturated rings. The molecule has 0 saturated heterocycles. The highest BCUT2D eigenvalue weighted by atomic mass is 32.3. The molecular formula is C110H228N2O4S. The van der Waals surface area contributed by atoms with Crippen LogP contribution in [0.1, 0.15) is 696 Å². The fourth-order valence-corrected chi connectivity index (χ4v) is 19.0. The van der Waals surface area contributed by atoms with Gasteiger partial charge in [0.1, 0.15) is 0 Å².